The van der Waals surface area contributed by atoms with Crippen LogP contribution in [0.3, 0.4) is 0 Å². The molecule has 0 unspecified atom stereocenters. The second-order valence-corrected chi connectivity index (χ2v) is 6.22. The fourth-order valence-electron chi connectivity index (χ4n) is 2.53. The van der Waals surface area contributed by atoms with E-state index in [0.717, 1.165) is 0 Å². The number of carbonyl (C=O) groups excluding carboxylic acids is 3. The Kier molecular flexibility index (Phi) is 9.51. The summed E-state index contributed by atoms with van der Waals surface area (Å²) in [6.07, 6.45) is 0.965. The third kappa shape index (κ3) is 7.63. The Morgan fingerprint density at radius 2 is 1.72 bits per heavy atom. The smallest absolute Gasteiger partial charge is 0.344 e. The van der Waals surface area contributed by atoms with Gasteiger partial charge in [0.1, 0.15) is 12.2 Å². The number of esters is 1. The van der Waals surface area contributed by atoms with Crippen LogP contribution in [0.2, 0.25) is 0 Å². The number of hydrazone groups is 1. The number of hydrogen-bond donors (Lipinski definition) is 2. The van der Waals surface area contributed by atoms with Crippen LogP contribution in [0.15, 0.2) is 47.6 Å². The summed E-state index contributed by atoms with van der Waals surface area (Å²) in [4.78, 5) is 35.4. The minimum absolute atomic E-state index is 0.245. The summed E-state index contributed by atoms with van der Waals surface area (Å²) in [7, 11) is 2.94. The highest BCUT2D eigenvalue weighted by molar-refractivity contribution is 6.04. The summed E-state index contributed by atoms with van der Waals surface area (Å²) in [6.45, 7) is 1.73. The zero-order valence-corrected chi connectivity index (χ0v) is 18.0. The van der Waals surface area contributed by atoms with Crippen molar-refractivity contribution in [3.8, 4) is 17.2 Å². The Bertz CT molecular complexity index is 976. The van der Waals surface area contributed by atoms with E-state index in [-0.39, 0.29) is 13.2 Å². The molecule has 0 radical (unpaired) electrons. The number of hydrogen-bond acceptors (Lipinski definition) is 8. The highest BCUT2D eigenvalue weighted by atomic mass is 16.6. The van der Waals surface area contributed by atoms with Crippen LogP contribution in [-0.4, -0.2) is 51.4 Å². The summed E-state index contributed by atoms with van der Waals surface area (Å²) < 4.78 is 20.6. The van der Waals surface area contributed by atoms with Gasteiger partial charge in [0.15, 0.2) is 18.1 Å². The molecular weight excluding hydrogens is 418 g/mol. The standard InChI is InChI=1S/C22H25N3O7/c1-4-31-22(28)14-32-18-10-9-15(11-19(18)30-3)13-23-25-21(27)12-20(26)24-16-7-5-6-8-17(16)29-2/h5-11,13H,4,12,14H2,1-3H3,(H,24,26)(H,25,27). The predicted octanol–water partition coefficient (Wildman–Crippen LogP) is 2.12. The fourth-order valence-corrected chi connectivity index (χ4v) is 2.53. The summed E-state index contributed by atoms with van der Waals surface area (Å²) in [6, 6.07) is 11.7. The largest absolute Gasteiger partial charge is 0.495 e. The molecule has 2 amide bonds. The van der Waals surface area contributed by atoms with E-state index in [1.807, 2.05) is 0 Å². The highest BCUT2D eigenvalue weighted by Gasteiger charge is 2.12. The van der Waals surface area contributed by atoms with Gasteiger partial charge >= 0.3 is 5.97 Å². The lowest BCUT2D eigenvalue weighted by atomic mass is 10.2. The molecule has 10 nitrogen and oxygen atoms in total. The van der Waals surface area contributed by atoms with Crippen molar-refractivity contribution in [1.82, 2.24) is 5.43 Å². The quantitative estimate of drug-likeness (QED) is 0.236. The van der Waals surface area contributed by atoms with E-state index in [4.69, 9.17) is 18.9 Å². The van der Waals surface area contributed by atoms with Crippen molar-refractivity contribution in [3.05, 3.63) is 48.0 Å². The van der Waals surface area contributed by atoms with Crippen molar-refractivity contribution >= 4 is 29.7 Å². The molecule has 0 aliphatic heterocycles. The molecule has 2 N–H and O–H groups in total. The zero-order valence-electron chi connectivity index (χ0n) is 18.0. The number of benzene rings is 2. The van der Waals surface area contributed by atoms with Crippen molar-refractivity contribution in [1.29, 1.82) is 0 Å². The van der Waals surface area contributed by atoms with Crippen LogP contribution in [0.5, 0.6) is 17.2 Å². The minimum Gasteiger partial charge on any atom is -0.495 e. The number of rotatable bonds is 11. The normalized spacial score (nSPS) is 10.3. The summed E-state index contributed by atoms with van der Waals surface area (Å²) in [5, 5.41) is 6.45. The first-order valence-electron chi connectivity index (χ1n) is 9.68. The Labute approximate surface area is 185 Å². The maximum absolute atomic E-state index is 12.1. The van der Waals surface area contributed by atoms with E-state index in [0.29, 0.717) is 28.5 Å². The van der Waals surface area contributed by atoms with Crippen molar-refractivity contribution in [2.45, 2.75) is 13.3 Å². The molecule has 32 heavy (non-hydrogen) atoms. The van der Waals surface area contributed by atoms with Crippen molar-refractivity contribution in [3.63, 3.8) is 0 Å². The molecule has 0 aliphatic carbocycles. The molecule has 0 fully saturated rings. The summed E-state index contributed by atoms with van der Waals surface area (Å²) in [5.41, 5.74) is 3.36. The predicted molar refractivity (Wildman–Crippen MR) is 117 cm³/mol. The van der Waals surface area contributed by atoms with Gasteiger partial charge in [-0.1, -0.05) is 12.1 Å². The SMILES string of the molecule is CCOC(=O)COc1ccc(C=NNC(=O)CC(=O)Nc2ccccc2OC)cc1OC. The van der Waals surface area contributed by atoms with E-state index < -0.39 is 24.2 Å². The Balaban J connectivity index is 1.87. The molecule has 0 saturated heterocycles. The molecular formula is C22H25N3O7. The number of amides is 2. The molecule has 0 atom stereocenters. The third-order valence-electron chi connectivity index (χ3n) is 3.94. The van der Waals surface area contributed by atoms with E-state index in [9.17, 15) is 14.4 Å². The van der Waals surface area contributed by atoms with Crippen LogP contribution >= 0.6 is 0 Å². The average molecular weight is 443 g/mol. The van der Waals surface area contributed by atoms with Crippen LogP contribution in [0.1, 0.15) is 18.9 Å². The number of anilines is 1. The number of nitrogens with zero attached hydrogens (tertiary/aromatic N) is 1. The maximum atomic E-state index is 12.1. The van der Waals surface area contributed by atoms with Crippen molar-refractivity contribution < 1.29 is 33.3 Å². The first kappa shape index (κ1) is 24.2. The van der Waals surface area contributed by atoms with Crippen LogP contribution in [0.25, 0.3) is 0 Å². The molecule has 2 aromatic carbocycles. The number of para-hydroxylation sites is 2. The lowest BCUT2D eigenvalue weighted by Gasteiger charge is -2.10. The molecule has 10 heteroatoms. The molecule has 2 rings (SSSR count). The Morgan fingerprint density at radius 3 is 2.44 bits per heavy atom. The van der Waals surface area contributed by atoms with Gasteiger partial charge in [-0.2, -0.15) is 5.10 Å². The second-order valence-electron chi connectivity index (χ2n) is 6.22. The zero-order chi connectivity index (χ0) is 23.3. The van der Waals surface area contributed by atoms with E-state index in [2.05, 4.69) is 15.8 Å². The molecule has 0 saturated carbocycles. The number of methoxy groups -OCH3 is 2. The average Bonchev–Trinajstić information content (AvgIpc) is 2.78. The van der Waals surface area contributed by atoms with Gasteiger partial charge in [-0.15, -0.1) is 0 Å². The van der Waals surface area contributed by atoms with Crippen LogP contribution in [0, 0.1) is 0 Å². The van der Waals surface area contributed by atoms with Gasteiger partial charge in [0.25, 0.3) is 0 Å². The third-order valence-corrected chi connectivity index (χ3v) is 3.94. The summed E-state index contributed by atoms with van der Waals surface area (Å²) in [5.74, 6) is -0.363. The van der Waals surface area contributed by atoms with Gasteiger partial charge < -0.3 is 24.3 Å². The van der Waals surface area contributed by atoms with E-state index >= 15 is 0 Å². The van der Waals surface area contributed by atoms with E-state index in [1.165, 1.54) is 20.4 Å². The maximum Gasteiger partial charge on any atom is 0.344 e. The molecule has 0 heterocycles. The van der Waals surface area contributed by atoms with Crippen molar-refractivity contribution in [2.75, 3.05) is 32.8 Å². The minimum atomic E-state index is -0.588. The molecule has 170 valence electrons. The lowest BCUT2D eigenvalue weighted by molar-refractivity contribution is -0.145. The van der Waals surface area contributed by atoms with Gasteiger partial charge in [-0.25, -0.2) is 10.2 Å². The lowest BCUT2D eigenvalue weighted by Crippen LogP contribution is -2.24. The number of carbonyl (C=O) groups is 3. The molecule has 0 aliphatic rings. The number of nitrogens with one attached hydrogen (secondary N) is 2. The van der Waals surface area contributed by atoms with Gasteiger partial charge in [-0.3, -0.25) is 9.59 Å². The molecule has 0 spiro atoms. The Hall–Kier alpha value is -4.08. The van der Waals surface area contributed by atoms with Crippen LogP contribution in [0.4, 0.5) is 5.69 Å². The molecule has 0 bridgehead atoms. The van der Waals surface area contributed by atoms with Crippen LogP contribution < -0.4 is 25.0 Å². The van der Waals surface area contributed by atoms with Crippen molar-refractivity contribution in [2.24, 2.45) is 5.10 Å². The van der Waals surface area contributed by atoms with E-state index in [1.54, 1.807) is 49.4 Å². The fraction of sp³-hybridized carbons (Fsp3) is 0.273. The number of ether oxygens (including phenoxy) is 4. The monoisotopic (exact) mass is 443 g/mol. The van der Waals surface area contributed by atoms with Gasteiger partial charge in [0.05, 0.1) is 32.7 Å². The first-order valence-corrected chi connectivity index (χ1v) is 9.68. The van der Waals surface area contributed by atoms with Gasteiger partial charge in [0, 0.05) is 0 Å². The van der Waals surface area contributed by atoms with Gasteiger partial charge in [0.2, 0.25) is 11.8 Å². The van der Waals surface area contributed by atoms with Gasteiger partial charge in [-0.05, 0) is 42.8 Å². The summed E-state index contributed by atoms with van der Waals surface area (Å²) >= 11 is 0. The second kappa shape index (κ2) is 12.6. The first-order chi connectivity index (χ1) is 15.5. The van der Waals surface area contributed by atoms with Crippen LogP contribution in [-0.2, 0) is 19.1 Å². The molecule has 0 aromatic heterocycles. The topological polar surface area (TPSA) is 125 Å². The molecule has 2 aromatic rings. The Morgan fingerprint density at radius 1 is 0.969 bits per heavy atom. The highest BCUT2D eigenvalue weighted by Crippen LogP contribution is 2.27.